The Balaban J connectivity index is 2.00. The van der Waals surface area contributed by atoms with Crippen molar-refractivity contribution in [3.05, 3.63) is 45.5 Å². The second kappa shape index (κ2) is 8.51. The van der Waals surface area contributed by atoms with Gasteiger partial charge < -0.3 is 21.3 Å². The van der Waals surface area contributed by atoms with Crippen molar-refractivity contribution >= 4 is 29.1 Å². The van der Waals surface area contributed by atoms with Crippen molar-refractivity contribution in [1.82, 2.24) is 5.32 Å². The van der Waals surface area contributed by atoms with Crippen LogP contribution in [0.4, 0.5) is 5.69 Å². The zero-order valence-corrected chi connectivity index (χ0v) is 15.2. The van der Waals surface area contributed by atoms with E-state index >= 15 is 0 Å². The lowest BCUT2D eigenvalue weighted by molar-refractivity contribution is -0.384. The van der Waals surface area contributed by atoms with Gasteiger partial charge in [-0.2, -0.15) is 4.79 Å². The lowest BCUT2D eigenvalue weighted by Gasteiger charge is -2.41. The Hall–Kier alpha value is -3.43. The standard InChI is InChI=1S/C17H19N5O6/c1-8(13-12(9(2)18)16(24)20-13)15(23)14(21-19)17(25)28-7-10-3-5-11(6-4-10)22(26)27/h3-6,8-9,12-13H,7,18H2,1-2H3,(H,20,24)/t8?,9?,12-,13-/m1/s1. The lowest BCUT2D eigenvalue weighted by atomic mass is 9.76. The summed E-state index contributed by atoms with van der Waals surface area (Å²) in [4.78, 5) is 49.0. The molecule has 1 amide bonds. The van der Waals surface area contributed by atoms with E-state index < -0.39 is 46.3 Å². The molecular formula is C17H19N5O6. The van der Waals surface area contributed by atoms with Gasteiger partial charge in [-0.25, -0.2) is 4.79 Å². The van der Waals surface area contributed by atoms with Crippen LogP contribution in [-0.4, -0.2) is 45.2 Å². The number of rotatable bonds is 8. The zero-order valence-electron chi connectivity index (χ0n) is 15.2. The molecule has 148 valence electrons. The molecule has 0 aromatic heterocycles. The number of hydrogen-bond acceptors (Lipinski definition) is 7. The van der Waals surface area contributed by atoms with Crippen molar-refractivity contribution in [3.63, 3.8) is 0 Å². The van der Waals surface area contributed by atoms with Gasteiger partial charge in [0.1, 0.15) is 6.61 Å². The van der Waals surface area contributed by atoms with Crippen LogP contribution in [0.5, 0.6) is 0 Å². The molecule has 2 unspecified atom stereocenters. The minimum atomic E-state index is -1.15. The number of ether oxygens (including phenoxy) is 1. The number of hydrogen-bond donors (Lipinski definition) is 2. The normalized spacial score (nSPS) is 20.0. The molecule has 0 aliphatic carbocycles. The Morgan fingerprint density at radius 3 is 2.43 bits per heavy atom. The van der Waals surface area contributed by atoms with E-state index in [4.69, 9.17) is 16.0 Å². The summed E-state index contributed by atoms with van der Waals surface area (Å²) < 4.78 is 4.95. The van der Waals surface area contributed by atoms with Gasteiger partial charge in [-0.3, -0.25) is 19.7 Å². The van der Waals surface area contributed by atoms with Gasteiger partial charge in [-0.1, -0.05) is 6.92 Å². The number of nitrogens with one attached hydrogen (secondary N) is 1. The van der Waals surface area contributed by atoms with Crippen LogP contribution in [0.2, 0.25) is 0 Å². The maximum absolute atomic E-state index is 12.5. The van der Waals surface area contributed by atoms with Crippen LogP contribution in [0.15, 0.2) is 24.3 Å². The highest BCUT2D eigenvalue weighted by atomic mass is 16.6. The summed E-state index contributed by atoms with van der Waals surface area (Å²) in [5, 5.41) is 13.2. The molecule has 1 aliphatic heterocycles. The van der Waals surface area contributed by atoms with Gasteiger partial charge in [0.2, 0.25) is 5.91 Å². The van der Waals surface area contributed by atoms with Crippen molar-refractivity contribution in [2.75, 3.05) is 0 Å². The minimum absolute atomic E-state index is 0.122. The van der Waals surface area contributed by atoms with Crippen LogP contribution in [0, 0.1) is 22.0 Å². The molecule has 1 aromatic rings. The first-order valence-corrected chi connectivity index (χ1v) is 8.40. The Kier molecular flexibility index (Phi) is 6.34. The smallest absolute Gasteiger partial charge is 0.441 e. The molecule has 11 nitrogen and oxygen atoms in total. The second-order valence-electron chi connectivity index (χ2n) is 6.52. The van der Waals surface area contributed by atoms with E-state index in [1.165, 1.54) is 31.2 Å². The summed E-state index contributed by atoms with van der Waals surface area (Å²) in [6, 6.07) is 4.19. The summed E-state index contributed by atoms with van der Waals surface area (Å²) in [5.41, 5.74) is 14.3. The average Bonchev–Trinajstić information content (AvgIpc) is 2.63. The number of Topliss-reactive ketones (excluding diaryl/α,β-unsaturated/α-hetero) is 1. The third-order valence-electron chi connectivity index (χ3n) is 4.56. The quantitative estimate of drug-likeness (QED) is 0.0916. The predicted octanol–water partition coefficient (Wildman–Crippen LogP) is -0.0242. The zero-order chi connectivity index (χ0) is 21.0. The number of non-ortho nitro benzene ring substituents is 1. The van der Waals surface area contributed by atoms with E-state index in [-0.39, 0.29) is 18.2 Å². The maximum atomic E-state index is 12.5. The molecule has 0 radical (unpaired) electrons. The number of esters is 1. The highest BCUT2D eigenvalue weighted by Crippen LogP contribution is 2.25. The van der Waals surface area contributed by atoms with Crippen molar-refractivity contribution < 1.29 is 28.8 Å². The van der Waals surface area contributed by atoms with Crippen LogP contribution < -0.4 is 11.1 Å². The van der Waals surface area contributed by atoms with E-state index in [2.05, 4.69) is 10.1 Å². The third kappa shape index (κ3) is 4.27. The van der Waals surface area contributed by atoms with Gasteiger partial charge in [-0.15, -0.1) is 0 Å². The molecule has 1 fully saturated rings. The fourth-order valence-corrected chi connectivity index (χ4v) is 2.92. The van der Waals surface area contributed by atoms with Crippen molar-refractivity contribution in [1.29, 1.82) is 0 Å². The topological polar surface area (TPSA) is 178 Å². The van der Waals surface area contributed by atoms with E-state index in [0.717, 1.165) is 0 Å². The number of nitrogens with zero attached hydrogens (tertiary/aromatic N) is 3. The van der Waals surface area contributed by atoms with Crippen molar-refractivity contribution in [2.24, 2.45) is 17.6 Å². The molecule has 1 saturated heterocycles. The second-order valence-corrected chi connectivity index (χ2v) is 6.52. The monoisotopic (exact) mass is 389 g/mol. The van der Waals surface area contributed by atoms with Crippen LogP contribution in [-0.2, 0) is 25.7 Å². The predicted molar refractivity (Wildman–Crippen MR) is 94.8 cm³/mol. The van der Waals surface area contributed by atoms with Crippen LogP contribution in [0.3, 0.4) is 0 Å². The number of nitro benzene ring substituents is 1. The SMILES string of the molecule is CC(C(=O)C(=[N+]=[N-])C(=O)OCc1ccc([N+](=O)[O-])cc1)[C@H]1NC(=O)[C@@H]1C(C)N. The molecule has 0 bridgehead atoms. The van der Waals surface area contributed by atoms with E-state index in [0.29, 0.717) is 5.56 Å². The van der Waals surface area contributed by atoms with E-state index in [1.807, 2.05) is 0 Å². The van der Waals surface area contributed by atoms with Crippen LogP contribution in [0.1, 0.15) is 19.4 Å². The number of carbonyl (C=O) groups is 3. The molecule has 3 N–H and O–H groups in total. The molecule has 28 heavy (non-hydrogen) atoms. The summed E-state index contributed by atoms with van der Waals surface area (Å²) in [6.45, 7) is 2.84. The molecule has 11 heteroatoms. The van der Waals surface area contributed by atoms with Gasteiger partial charge in [0.15, 0.2) is 0 Å². The molecule has 0 spiro atoms. The number of carbonyl (C=O) groups excluding carboxylic acids is 3. The molecule has 1 heterocycles. The number of amides is 1. The van der Waals surface area contributed by atoms with Gasteiger partial charge >= 0.3 is 11.7 Å². The van der Waals surface area contributed by atoms with Crippen molar-refractivity contribution in [3.8, 4) is 0 Å². The lowest BCUT2D eigenvalue weighted by Crippen LogP contribution is -2.67. The Labute approximate surface area is 159 Å². The van der Waals surface area contributed by atoms with E-state index in [9.17, 15) is 24.5 Å². The first kappa shape index (κ1) is 20.9. The van der Waals surface area contributed by atoms with Gasteiger partial charge in [-0.05, 0) is 24.6 Å². The Bertz CT molecular complexity index is 859. The number of ketones is 1. The van der Waals surface area contributed by atoms with Gasteiger partial charge in [0.05, 0.1) is 16.9 Å². The number of β-lactam (4-membered cyclic amide) rings is 1. The third-order valence-corrected chi connectivity index (χ3v) is 4.56. The largest absolute Gasteiger partial charge is 0.452 e. The molecule has 2 rings (SSSR count). The number of benzene rings is 1. The molecule has 1 aliphatic rings. The summed E-state index contributed by atoms with van der Waals surface area (Å²) in [6.07, 6.45) is 0. The molecule has 0 saturated carbocycles. The summed E-state index contributed by atoms with van der Waals surface area (Å²) >= 11 is 0. The van der Waals surface area contributed by atoms with Crippen LogP contribution in [0.25, 0.3) is 5.53 Å². The highest BCUT2D eigenvalue weighted by Gasteiger charge is 2.49. The Morgan fingerprint density at radius 1 is 1.36 bits per heavy atom. The van der Waals surface area contributed by atoms with E-state index in [1.54, 1.807) is 6.92 Å². The fourth-order valence-electron chi connectivity index (χ4n) is 2.92. The Morgan fingerprint density at radius 2 is 1.96 bits per heavy atom. The van der Waals surface area contributed by atoms with Gasteiger partial charge in [0, 0.05) is 24.1 Å². The minimum Gasteiger partial charge on any atom is -0.452 e. The summed E-state index contributed by atoms with van der Waals surface area (Å²) in [7, 11) is 0. The van der Waals surface area contributed by atoms with Gasteiger partial charge in [0.25, 0.3) is 11.5 Å². The fraction of sp³-hybridized carbons (Fsp3) is 0.412. The molecule has 4 atom stereocenters. The van der Waals surface area contributed by atoms with Crippen LogP contribution >= 0.6 is 0 Å². The summed E-state index contributed by atoms with van der Waals surface area (Å²) in [5.74, 6) is -3.68. The number of nitrogens with two attached hydrogens (primary N) is 1. The first-order chi connectivity index (χ1) is 13.2. The highest BCUT2D eigenvalue weighted by molar-refractivity contribution is 6.62. The maximum Gasteiger partial charge on any atom is 0.441 e. The average molecular weight is 389 g/mol. The molecule has 1 aromatic carbocycles. The molecular weight excluding hydrogens is 370 g/mol. The number of nitro groups is 1. The first-order valence-electron chi connectivity index (χ1n) is 8.40. The van der Waals surface area contributed by atoms with Crippen molar-refractivity contribution in [2.45, 2.75) is 32.5 Å².